The van der Waals surface area contributed by atoms with Crippen LogP contribution in [0, 0.1) is 0 Å². The molecule has 10 heteroatoms. The molecule has 5 rings (SSSR count). The second kappa shape index (κ2) is 10.6. The third-order valence-corrected chi connectivity index (χ3v) is 6.93. The zero-order valence-corrected chi connectivity index (χ0v) is 21.1. The first kappa shape index (κ1) is 24.2. The van der Waals surface area contributed by atoms with Gasteiger partial charge < -0.3 is 19.5 Å². The topological polar surface area (TPSA) is 77.1 Å². The Bertz CT molecular complexity index is 1380. The van der Waals surface area contributed by atoms with Crippen molar-refractivity contribution in [3.63, 3.8) is 0 Å². The van der Waals surface area contributed by atoms with E-state index in [0.717, 1.165) is 11.1 Å². The van der Waals surface area contributed by atoms with E-state index in [2.05, 4.69) is 5.32 Å². The average Bonchev–Trinajstić information content (AvgIpc) is 3.44. The van der Waals surface area contributed by atoms with Gasteiger partial charge >= 0.3 is 0 Å². The Balaban J connectivity index is 1.21. The van der Waals surface area contributed by atoms with Gasteiger partial charge in [-0.25, -0.2) is 0 Å². The zero-order valence-electron chi connectivity index (χ0n) is 18.7. The van der Waals surface area contributed by atoms with Gasteiger partial charge in [0.15, 0.2) is 18.1 Å². The number of hydrogen-bond donors (Lipinski definition) is 1. The number of thiocarbonyl (C=S) groups is 1. The lowest BCUT2D eigenvalue weighted by molar-refractivity contribution is -0.122. The van der Waals surface area contributed by atoms with Crippen LogP contribution in [0.4, 0.5) is 5.69 Å². The normalized spacial score (nSPS) is 15.5. The fourth-order valence-electron chi connectivity index (χ4n) is 3.58. The van der Waals surface area contributed by atoms with Crippen LogP contribution >= 0.6 is 35.6 Å². The van der Waals surface area contributed by atoms with Crippen LogP contribution in [-0.4, -0.2) is 34.4 Å². The van der Waals surface area contributed by atoms with Gasteiger partial charge in [0.1, 0.15) is 10.1 Å². The summed E-state index contributed by atoms with van der Waals surface area (Å²) in [5.41, 5.74) is 2.28. The number of carbonyl (C=O) groups is 2. The molecule has 1 fully saturated rings. The van der Waals surface area contributed by atoms with Crippen molar-refractivity contribution in [2.75, 3.05) is 18.7 Å². The molecule has 0 atom stereocenters. The number of halogens is 1. The van der Waals surface area contributed by atoms with Gasteiger partial charge in [0.2, 0.25) is 6.79 Å². The van der Waals surface area contributed by atoms with Gasteiger partial charge in [-0.15, -0.1) is 0 Å². The van der Waals surface area contributed by atoms with Crippen molar-refractivity contribution in [3.8, 4) is 17.2 Å². The molecule has 7 nitrogen and oxygen atoms in total. The molecule has 36 heavy (non-hydrogen) atoms. The fraction of sp³-hybridized carbons (Fsp3) is 0.115. The van der Waals surface area contributed by atoms with Crippen LogP contribution in [0.3, 0.4) is 0 Å². The molecule has 3 aromatic rings. The molecule has 0 unspecified atom stereocenters. The first-order valence-corrected chi connectivity index (χ1v) is 12.5. The second-order valence-corrected chi connectivity index (χ2v) is 9.98. The highest BCUT2D eigenvalue weighted by atomic mass is 35.5. The Morgan fingerprint density at radius 3 is 2.75 bits per heavy atom. The summed E-state index contributed by atoms with van der Waals surface area (Å²) in [5, 5.41) is 3.33. The van der Waals surface area contributed by atoms with Crippen molar-refractivity contribution in [2.24, 2.45) is 0 Å². The molecule has 182 valence electrons. The molecule has 2 aliphatic rings. The van der Waals surface area contributed by atoms with E-state index in [0.29, 0.717) is 43.7 Å². The molecule has 2 aliphatic heterocycles. The molecule has 0 aliphatic carbocycles. The van der Waals surface area contributed by atoms with E-state index in [1.54, 1.807) is 53.4 Å². The monoisotopic (exact) mass is 538 g/mol. The van der Waals surface area contributed by atoms with Crippen LogP contribution in [-0.2, 0) is 16.1 Å². The number of hydrogen-bond acceptors (Lipinski definition) is 7. The lowest BCUT2D eigenvalue weighted by atomic mass is 10.1. The molecular weight excluding hydrogens is 520 g/mol. The highest BCUT2D eigenvalue weighted by Gasteiger charge is 2.32. The summed E-state index contributed by atoms with van der Waals surface area (Å²) in [7, 11) is 0. The minimum absolute atomic E-state index is 0.163. The van der Waals surface area contributed by atoms with E-state index in [4.69, 9.17) is 38.0 Å². The number of amides is 2. The Morgan fingerprint density at radius 1 is 1.11 bits per heavy atom. The number of anilines is 1. The number of ether oxygens (including phenoxy) is 3. The lowest BCUT2D eigenvalue weighted by Gasteiger charge is -2.14. The van der Waals surface area contributed by atoms with Gasteiger partial charge in [-0.05, 0) is 65.7 Å². The van der Waals surface area contributed by atoms with Crippen molar-refractivity contribution in [1.82, 2.24) is 4.90 Å². The van der Waals surface area contributed by atoms with E-state index in [9.17, 15) is 9.59 Å². The molecule has 0 saturated carbocycles. The maximum absolute atomic E-state index is 13.1. The lowest BCUT2D eigenvalue weighted by Crippen LogP contribution is -2.27. The van der Waals surface area contributed by atoms with Crippen LogP contribution in [0.5, 0.6) is 17.2 Å². The second-order valence-electron chi connectivity index (χ2n) is 7.87. The summed E-state index contributed by atoms with van der Waals surface area (Å²) in [6.07, 6.45) is 1.76. The van der Waals surface area contributed by atoms with E-state index in [-0.39, 0.29) is 25.2 Å². The van der Waals surface area contributed by atoms with Gasteiger partial charge in [0, 0.05) is 10.7 Å². The van der Waals surface area contributed by atoms with Crippen molar-refractivity contribution in [3.05, 3.63) is 87.8 Å². The van der Waals surface area contributed by atoms with Crippen molar-refractivity contribution in [1.29, 1.82) is 0 Å². The standard InChI is InChI=1S/C26H19ClN2O5S2/c27-18-5-7-19(8-6-18)28-24(30)14-32-20-3-1-2-16(10-20)12-23-25(31)29(26(35)36-23)13-17-4-9-21-22(11-17)34-15-33-21/h1-12H,13-15H2,(H,28,30)/b23-12-. The third kappa shape index (κ3) is 5.64. The van der Waals surface area contributed by atoms with Crippen LogP contribution in [0.2, 0.25) is 5.02 Å². The van der Waals surface area contributed by atoms with Gasteiger partial charge in [0.05, 0.1) is 11.4 Å². The van der Waals surface area contributed by atoms with Crippen LogP contribution < -0.4 is 19.5 Å². The maximum atomic E-state index is 13.1. The number of carbonyl (C=O) groups excluding carboxylic acids is 2. The van der Waals surface area contributed by atoms with Crippen LogP contribution in [0.1, 0.15) is 11.1 Å². The summed E-state index contributed by atoms with van der Waals surface area (Å²) in [4.78, 5) is 27.3. The van der Waals surface area contributed by atoms with Crippen molar-refractivity contribution >= 4 is 63.5 Å². The highest BCUT2D eigenvalue weighted by Crippen LogP contribution is 2.36. The number of fused-ring (bicyclic) bond motifs is 1. The summed E-state index contributed by atoms with van der Waals surface area (Å²) in [6, 6.07) is 19.5. The molecule has 2 amide bonds. The Morgan fingerprint density at radius 2 is 1.92 bits per heavy atom. The number of benzene rings is 3. The molecule has 0 radical (unpaired) electrons. The van der Waals surface area contributed by atoms with E-state index in [1.807, 2.05) is 24.3 Å². The summed E-state index contributed by atoms with van der Waals surface area (Å²) < 4.78 is 16.9. The Kier molecular flexibility index (Phi) is 7.13. The Hall–Kier alpha value is -3.53. The first-order valence-electron chi connectivity index (χ1n) is 10.9. The maximum Gasteiger partial charge on any atom is 0.266 e. The van der Waals surface area contributed by atoms with E-state index >= 15 is 0 Å². The first-order chi connectivity index (χ1) is 17.4. The van der Waals surface area contributed by atoms with Crippen LogP contribution in [0.25, 0.3) is 6.08 Å². The summed E-state index contributed by atoms with van der Waals surface area (Å²) in [6.45, 7) is 0.368. The van der Waals surface area contributed by atoms with Crippen molar-refractivity contribution < 1.29 is 23.8 Å². The van der Waals surface area contributed by atoms with Gasteiger partial charge in [0.25, 0.3) is 11.8 Å². The smallest absolute Gasteiger partial charge is 0.266 e. The molecule has 0 aromatic heterocycles. The number of nitrogens with one attached hydrogen (secondary N) is 1. The van der Waals surface area contributed by atoms with E-state index < -0.39 is 0 Å². The predicted molar refractivity (Wildman–Crippen MR) is 143 cm³/mol. The molecule has 0 spiro atoms. The minimum Gasteiger partial charge on any atom is -0.484 e. The largest absolute Gasteiger partial charge is 0.484 e. The predicted octanol–water partition coefficient (Wildman–Crippen LogP) is 5.49. The number of nitrogens with zero attached hydrogens (tertiary/aromatic N) is 1. The van der Waals surface area contributed by atoms with Gasteiger partial charge in [-0.1, -0.05) is 53.8 Å². The fourth-order valence-corrected chi connectivity index (χ4v) is 4.96. The number of thioether (sulfide) groups is 1. The summed E-state index contributed by atoms with van der Waals surface area (Å²) >= 11 is 12.6. The third-order valence-electron chi connectivity index (χ3n) is 5.31. The molecule has 2 heterocycles. The van der Waals surface area contributed by atoms with Crippen LogP contribution in [0.15, 0.2) is 71.6 Å². The molecule has 3 aromatic carbocycles. The SMILES string of the molecule is O=C(COc1cccc(/C=C2\SC(=S)N(Cc3ccc4c(c3)OCO4)C2=O)c1)Nc1ccc(Cl)cc1. The quantitative estimate of drug-likeness (QED) is 0.315. The number of rotatable bonds is 7. The molecule has 1 saturated heterocycles. The molecular formula is C26H19ClN2O5S2. The summed E-state index contributed by atoms with van der Waals surface area (Å²) in [5.74, 6) is 1.38. The van der Waals surface area contributed by atoms with Gasteiger partial charge in [-0.3, -0.25) is 14.5 Å². The zero-order chi connectivity index (χ0) is 25.1. The van der Waals surface area contributed by atoms with E-state index in [1.165, 1.54) is 11.8 Å². The van der Waals surface area contributed by atoms with Crippen molar-refractivity contribution in [2.45, 2.75) is 6.54 Å². The molecule has 1 N–H and O–H groups in total. The molecule has 0 bridgehead atoms. The minimum atomic E-state index is -0.299. The average molecular weight is 539 g/mol. The highest BCUT2D eigenvalue weighted by molar-refractivity contribution is 8.26. The Labute approximate surface area is 222 Å². The van der Waals surface area contributed by atoms with Gasteiger partial charge in [-0.2, -0.15) is 0 Å².